The van der Waals surface area contributed by atoms with Crippen molar-refractivity contribution in [2.24, 2.45) is 0 Å². The first-order chi connectivity index (χ1) is 12.7. The van der Waals surface area contributed by atoms with Crippen molar-refractivity contribution in [1.29, 1.82) is 0 Å². The minimum Gasteiger partial charge on any atom is -0.385 e. The predicted octanol–water partition coefficient (Wildman–Crippen LogP) is 3.93. The second-order valence-corrected chi connectivity index (χ2v) is 7.07. The molecule has 1 aliphatic rings. The number of hydrogen-bond acceptors (Lipinski definition) is 3. The summed E-state index contributed by atoms with van der Waals surface area (Å²) in [5, 5.41) is 14.2. The molecule has 0 atom stereocenters. The standard InChI is InChI=1S/C23H24N2O/c26-23(16-24-21-14-8-3-9-15-21)17-25(18-23)22(19-10-4-1-5-11-19)20-12-6-2-7-13-20/h1-15,22,24,26H,16-18H2. The first kappa shape index (κ1) is 16.8. The molecule has 0 saturated carbocycles. The van der Waals surface area contributed by atoms with Crippen molar-refractivity contribution in [3.8, 4) is 0 Å². The van der Waals surface area contributed by atoms with Gasteiger partial charge in [0.05, 0.1) is 6.04 Å². The van der Waals surface area contributed by atoms with Gasteiger partial charge in [-0.15, -0.1) is 0 Å². The number of aliphatic hydroxyl groups is 1. The van der Waals surface area contributed by atoms with E-state index in [1.807, 2.05) is 42.5 Å². The van der Waals surface area contributed by atoms with Crippen LogP contribution in [0.4, 0.5) is 5.69 Å². The van der Waals surface area contributed by atoms with Crippen LogP contribution in [0.15, 0.2) is 91.0 Å². The molecule has 0 spiro atoms. The Morgan fingerprint density at radius 2 is 1.23 bits per heavy atom. The third-order valence-electron chi connectivity index (χ3n) is 4.99. The van der Waals surface area contributed by atoms with Crippen LogP contribution in [0.25, 0.3) is 0 Å². The highest BCUT2D eigenvalue weighted by Gasteiger charge is 2.44. The van der Waals surface area contributed by atoms with E-state index in [4.69, 9.17) is 0 Å². The lowest BCUT2D eigenvalue weighted by atomic mass is 9.87. The Bertz CT molecular complexity index is 775. The SMILES string of the molecule is OC1(CNc2ccccc2)CN(C(c2ccccc2)c2ccccc2)C1. The van der Waals surface area contributed by atoms with Crippen molar-refractivity contribution >= 4 is 5.69 Å². The summed E-state index contributed by atoms with van der Waals surface area (Å²) in [6.45, 7) is 1.87. The van der Waals surface area contributed by atoms with Gasteiger partial charge in [-0.1, -0.05) is 78.9 Å². The molecule has 0 aliphatic carbocycles. The van der Waals surface area contributed by atoms with Gasteiger partial charge in [0, 0.05) is 25.3 Å². The number of hydrogen-bond donors (Lipinski definition) is 2. The van der Waals surface area contributed by atoms with Crippen LogP contribution in [0.2, 0.25) is 0 Å². The van der Waals surface area contributed by atoms with E-state index in [2.05, 4.69) is 58.7 Å². The van der Waals surface area contributed by atoms with Crippen molar-refractivity contribution in [3.05, 3.63) is 102 Å². The number of nitrogens with one attached hydrogen (secondary N) is 1. The first-order valence-electron chi connectivity index (χ1n) is 9.09. The molecule has 132 valence electrons. The summed E-state index contributed by atoms with van der Waals surface area (Å²) in [6, 6.07) is 31.3. The lowest BCUT2D eigenvalue weighted by molar-refractivity contribution is -0.100. The van der Waals surface area contributed by atoms with Crippen molar-refractivity contribution in [3.63, 3.8) is 0 Å². The van der Waals surface area contributed by atoms with E-state index in [-0.39, 0.29) is 6.04 Å². The molecule has 0 bridgehead atoms. The summed E-state index contributed by atoms with van der Waals surface area (Å²) < 4.78 is 0. The van der Waals surface area contributed by atoms with Gasteiger partial charge in [0.15, 0.2) is 0 Å². The van der Waals surface area contributed by atoms with Gasteiger partial charge in [0.1, 0.15) is 5.60 Å². The molecule has 3 aromatic rings. The fourth-order valence-electron chi connectivity index (χ4n) is 3.71. The number of rotatable bonds is 6. The summed E-state index contributed by atoms with van der Waals surface area (Å²) in [7, 11) is 0. The zero-order chi connectivity index (χ0) is 17.8. The Labute approximate surface area is 154 Å². The maximum atomic E-state index is 10.9. The highest BCUT2D eigenvalue weighted by Crippen LogP contribution is 2.36. The van der Waals surface area contributed by atoms with Crippen LogP contribution in [0.3, 0.4) is 0 Å². The van der Waals surface area contributed by atoms with Gasteiger partial charge in [-0.3, -0.25) is 4.90 Å². The summed E-state index contributed by atoms with van der Waals surface area (Å²) in [6.07, 6.45) is 0. The molecule has 3 heteroatoms. The van der Waals surface area contributed by atoms with Crippen LogP contribution in [0.1, 0.15) is 17.2 Å². The Kier molecular flexibility index (Phi) is 4.74. The lowest BCUT2D eigenvalue weighted by Crippen LogP contribution is -2.65. The van der Waals surface area contributed by atoms with Gasteiger partial charge in [-0.05, 0) is 23.3 Å². The summed E-state index contributed by atoms with van der Waals surface area (Å²) in [4.78, 5) is 2.34. The van der Waals surface area contributed by atoms with E-state index in [9.17, 15) is 5.11 Å². The van der Waals surface area contributed by atoms with Gasteiger partial charge in [-0.25, -0.2) is 0 Å². The zero-order valence-electron chi connectivity index (χ0n) is 14.8. The third-order valence-corrected chi connectivity index (χ3v) is 4.99. The quantitative estimate of drug-likeness (QED) is 0.711. The van der Waals surface area contributed by atoms with Crippen LogP contribution in [-0.2, 0) is 0 Å². The molecule has 4 rings (SSSR count). The maximum absolute atomic E-state index is 10.9. The van der Waals surface area contributed by atoms with Crippen LogP contribution in [0.5, 0.6) is 0 Å². The average Bonchev–Trinajstić information content (AvgIpc) is 2.68. The molecule has 0 aromatic heterocycles. The van der Waals surface area contributed by atoms with Crippen LogP contribution < -0.4 is 5.32 Å². The summed E-state index contributed by atoms with van der Waals surface area (Å²) in [5.74, 6) is 0. The topological polar surface area (TPSA) is 35.5 Å². The number of para-hydroxylation sites is 1. The second-order valence-electron chi connectivity index (χ2n) is 7.07. The van der Waals surface area contributed by atoms with E-state index >= 15 is 0 Å². The van der Waals surface area contributed by atoms with E-state index in [0.29, 0.717) is 19.6 Å². The summed E-state index contributed by atoms with van der Waals surface area (Å²) in [5.41, 5.74) is 2.87. The first-order valence-corrected chi connectivity index (χ1v) is 9.09. The second kappa shape index (κ2) is 7.32. The van der Waals surface area contributed by atoms with Gasteiger partial charge >= 0.3 is 0 Å². The van der Waals surface area contributed by atoms with Gasteiger partial charge in [0.25, 0.3) is 0 Å². The Balaban J connectivity index is 1.47. The van der Waals surface area contributed by atoms with Crippen molar-refractivity contribution < 1.29 is 5.11 Å². The highest BCUT2D eigenvalue weighted by molar-refractivity contribution is 5.43. The largest absolute Gasteiger partial charge is 0.385 e. The van der Waals surface area contributed by atoms with Gasteiger partial charge in [0.2, 0.25) is 0 Å². The van der Waals surface area contributed by atoms with E-state index < -0.39 is 5.60 Å². The fourth-order valence-corrected chi connectivity index (χ4v) is 3.71. The maximum Gasteiger partial charge on any atom is 0.107 e. The predicted molar refractivity (Wildman–Crippen MR) is 106 cm³/mol. The third kappa shape index (κ3) is 3.64. The minimum atomic E-state index is -0.697. The number of β-amino-alcohol motifs (C(OH)–C–C–N with tert-alkyl or cyclic N) is 1. The molecule has 1 heterocycles. The van der Waals surface area contributed by atoms with Crippen molar-refractivity contribution in [2.45, 2.75) is 11.6 Å². The Morgan fingerprint density at radius 1 is 0.769 bits per heavy atom. The molecule has 0 radical (unpaired) electrons. The molecule has 1 saturated heterocycles. The smallest absolute Gasteiger partial charge is 0.107 e. The zero-order valence-corrected chi connectivity index (χ0v) is 14.8. The number of benzene rings is 3. The van der Waals surface area contributed by atoms with Crippen LogP contribution >= 0.6 is 0 Å². The molecular weight excluding hydrogens is 320 g/mol. The number of nitrogens with zero attached hydrogens (tertiary/aromatic N) is 1. The van der Waals surface area contributed by atoms with Crippen molar-refractivity contribution in [2.75, 3.05) is 25.0 Å². The average molecular weight is 344 g/mol. The van der Waals surface area contributed by atoms with E-state index in [1.54, 1.807) is 0 Å². The highest BCUT2D eigenvalue weighted by atomic mass is 16.3. The molecule has 0 amide bonds. The van der Waals surface area contributed by atoms with Crippen LogP contribution in [-0.4, -0.2) is 35.2 Å². The number of likely N-dealkylation sites (tertiary alicyclic amines) is 1. The molecule has 1 fully saturated rings. The molecule has 3 nitrogen and oxygen atoms in total. The Hall–Kier alpha value is -2.62. The molecule has 26 heavy (non-hydrogen) atoms. The monoisotopic (exact) mass is 344 g/mol. The lowest BCUT2D eigenvalue weighted by Gasteiger charge is -2.50. The van der Waals surface area contributed by atoms with E-state index in [1.165, 1.54) is 11.1 Å². The normalized spacial score (nSPS) is 16.2. The van der Waals surface area contributed by atoms with E-state index in [0.717, 1.165) is 5.69 Å². The molecule has 0 unspecified atom stereocenters. The minimum absolute atomic E-state index is 0.175. The summed E-state index contributed by atoms with van der Waals surface area (Å²) >= 11 is 0. The van der Waals surface area contributed by atoms with Crippen molar-refractivity contribution in [1.82, 2.24) is 4.90 Å². The molecule has 1 aliphatic heterocycles. The molecular formula is C23H24N2O. The number of anilines is 1. The molecule has 3 aromatic carbocycles. The molecule has 2 N–H and O–H groups in total. The van der Waals surface area contributed by atoms with Crippen LogP contribution in [0, 0.1) is 0 Å². The fraction of sp³-hybridized carbons (Fsp3) is 0.217. The van der Waals surface area contributed by atoms with Gasteiger partial charge < -0.3 is 10.4 Å². The van der Waals surface area contributed by atoms with Gasteiger partial charge in [-0.2, -0.15) is 0 Å². The Morgan fingerprint density at radius 3 is 1.73 bits per heavy atom.